The van der Waals surface area contributed by atoms with E-state index in [9.17, 15) is 0 Å². The molecule has 188 valence electrons. The van der Waals surface area contributed by atoms with Crippen LogP contribution in [0.25, 0.3) is 5.57 Å². The second kappa shape index (κ2) is 10.6. The summed E-state index contributed by atoms with van der Waals surface area (Å²) in [4.78, 5) is 23.3. The van der Waals surface area contributed by atoms with Crippen LogP contribution in [-0.4, -0.2) is 91.2 Å². The van der Waals surface area contributed by atoms with Crippen LogP contribution in [0.4, 0.5) is 23.0 Å². The Morgan fingerprint density at radius 1 is 0.750 bits per heavy atom. The number of aromatic nitrogens is 3. The molecule has 2 saturated heterocycles. The number of nitrogens with one attached hydrogen (secondary N) is 1. The molecule has 5 heterocycles. The van der Waals surface area contributed by atoms with E-state index in [0.717, 1.165) is 97.8 Å². The van der Waals surface area contributed by atoms with Crippen molar-refractivity contribution >= 4 is 28.6 Å². The number of likely N-dealkylation sites (N-methyl/N-ethyl adjacent to an activating group) is 2. The lowest BCUT2D eigenvalue weighted by Gasteiger charge is -2.33. The molecule has 0 atom stereocenters. The van der Waals surface area contributed by atoms with Crippen LogP contribution in [0.2, 0.25) is 0 Å². The molecule has 0 bridgehead atoms. The van der Waals surface area contributed by atoms with E-state index >= 15 is 0 Å². The van der Waals surface area contributed by atoms with E-state index < -0.39 is 0 Å². The van der Waals surface area contributed by atoms with Crippen molar-refractivity contribution < 1.29 is 0 Å². The van der Waals surface area contributed by atoms with Gasteiger partial charge in [-0.25, -0.2) is 9.97 Å². The van der Waals surface area contributed by atoms with E-state index in [-0.39, 0.29) is 0 Å². The first-order chi connectivity index (χ1) is 17.5. The summed E-state index contributed by atoms with van der Waals surface area (Å²) < 4.78 is 0. The molecule has 0 amide bonds. The number of anilines is 4. The molecule has 5 rings (SSSR count). The molecule has 0 unspecified atom stereocenters. The van der Waals surface area contributed by atoms with Crippen molar-refractivity contribution in [2.75, 3.05) is 81.6 Å². The molecular formula is C28H36N8. The molecule has 0 radical (unpaired) electrons. The molecule has 36 heavy (non-hydrogen) atoms. The summed E-state index contributed by atoms with van der Waals surface area (Å²) in [7, 11) is 4.33. The Bertz CT molecular complexity index is 1210. The molecule has 8 nitrogen and oxygen atoms in total. The van der Waals surface area contributed by atoms with Crippen LogP contribution in [0.3, 0.4) is 0 Å². The first kappa shape index (κ1) is 24.2. The van der Waals surface area contributed by atoms with Gasteiger partial charge in [0.05, 0.1) is 11.9 Å². The smallest absolute Gasteiger partial charge is 0.130 e. The Morgan fingerprint density at radius 2 is 1.33 bits per heavy atom. The summed E-state index contributed by atoms with van der Waals surface area (Å²) in [5.74, 6) is 2.01. The topological polar surface area (TPSA) is 63.7 Å². The largest absolute Gasteiger partial charge is 0.354 e. The van der Waals surface area contributed by atoms with Gasteiger partial charge in [0.2, 0.25) is 0 Å². The monoisotopic (exact) mass is 484 g/mol. The number of aryl methyl sites for hydroxylation is 1. The second-order valence-corrected chi connectivity index (χ2v) is 9.85. The van der Waals surface area contributed by atoms with Crippen molar-refractivity contribution in [2.45, 2.75) is 6.92 Å². The van der Waals surface area contributed by atoms with Gasteiger partial charge in [0, 0.05) is 87.8 Å². The molecule has 0 spiro atoms. The van der Waals surface area contributed by atoms with E-state index in [2.05, 4.69) is 78.7 Å². The minimum absolute atomic E-state index is 0.931. The summed E-state index contributed by atoms with van der Waals surface area (Å²) >= 11 is 0. The SMILES string of the molecule is C=C(c1ccnc(N2CCN(C)CC2)c1)c1cc(Nc2ccnc(N3CCN(C)CC3)c2)cnc1C. The number of nitrogens with zero attached hydrogens (tertiary/aromatic N) is 7. The van der Waals surface area contributed by atoms with Crippen LogP contribution < -0.4 is 15.1 Å². The highest BCUT2D eigenvalue weighted by atomic mass is 15.3. The lowest BCUT2D eigenvalue weighted by Crippen LogP contribution is -2.44. The van der Waals surface area contributed by atoms with Gasteiger partial charge in [-0.15, -0.1) is 0 Å². The molecule has 2 aliphatic heterocycles. The van der Waals surface area contributed by atoms with E-state index in [1.165, 1.54) is 0 Å². The van der Waals surface area contributed by atoms with Gasteiger partial charge in [-0.3, -0.25) is 4.98 Å². The zero-order chi connectivity index (χ0) is 25.1. The first-order valence-electron chi connectivity index (χ1n) is 12.7. The van der Waals surface area contributed by atoms with Gasteiger partial charge in [0.25, 0.3) is 0 Å². The number of hydrogen-bond acceptors (Lipinski definition) is 8. The summed E-state index contributed by atoms with van der Waals surface area (Å²) in [6.07, 6.45) is 5.63. The molecule has 2 fully saturated rings. The Balaban J connectivity index is 1.33. The van der Waals surface area contributed by atoms with Crippen molar-refractivity contribution in [1.82, 2.24) is 24.8 Å². The Kier molecular flexibility index (Phi) is 7.16. The van der Waals surface area contributed by atoms with Gasteiger partial charge in [-0.1, -0.05) is 6.58 Å². The predicted molar refractivity (Wildman–Crippen MR) is 148 cm³/mol. The molecule has 0 aliphatic carbocycles. The van der Waals surface area contributed by atoms with Gasteiger partial charge >= 0.3 is 0 Å². The standard InChI is InChI=1S/C28H36N8/c1-21(23-5-7-29-27(17-23)35-13-9-33(3)10-14-35)26-18-25(20-31-22(26)2)32-24-6-8-30-28(19-24)36-15-11-34(4)12-16-36/h5-8,17-20H,1,9-16H2,2-4H3,(H,30,32). The fourth-order valence-corrected chi connectivity index (χ4v) is 4.75. The van der Waals surface area contributed by atoms with Crippen molar-refractivity contribution in [2.24, 2.45) is 0 Å². The van der Waals surface area contributed by atoms with E-state index in [1.54, 1.807) is 0 Å². The van der Waals surface area contributed by atoms with Gasteiger partial charge in [-0.05, 0) is 56.4 Å². The second-order valence-electron chi connectivity index (χ2n) is 9.85. The van der Waals surface area contributed by atoms with Crippen LogP contribution in [0.5, 0.6) is 0 Å². The lowest BCUT2D eigenvalue weighted by atomic mass is 9.98. The van der Waals surface area contributed by atoms with Gasteiger partial charge in [-0.2, -0.15) is 0 Å². The third kappa shape index (κ3) is 5.50. The highest BCUT2D eigenvalue weighted by Gasteiger charge is 2.18. The molecule has 3 aromatic rings. The van der Waals surface area contributed by atoms with Gasteiger partial charge in [0.1, 0.15) is 11.6 Å². The molecule has 8 heteroatoms. The highest BCUT2D eigenvalue weighted by molar-refractivity contribution is 5.82. The zero-order valence-electron chi connectivity index (χ0n) is 21.6. The number of piperazine rings is 2. The fraction of sp³-hybridized carbons (Fsp3) is 0.393. The Hall–Kier alpha value is -3.49. The first-order valence-corrected chi connectivity index (χ1v) is 12.7. The maximum atomic E-state index is 4.68. The van der Waals surface area contributed by atoms with Gasteiger partial charge < -0.3 is 24.9 Å². The van der Waals surface area contributed by atoms with Crippen LogP contribution in [-0.2, 0) is 0 Å². The highest BCUT2D eigenvalue weighted by Crippen LogP contribution is 2.29. The third-order valence-electron chi connectivity index (χ3n) is 7.19. The molecule has 0 aromatic carbocycles. The van der Waals surface area contributed by atoms with Crippen LogP contribution >= 0.6 is 0 Å². The summed E-state index contributed by atoms with van der Waals surface area (Å²) in [5.41, 5.74) is 5.94. The van der Waals surface area contributed by atoms with E-state index in [4.69, 9.17) is 0 Å². The van der Waals surface area contributed by atoms with Crippen molar-refractivity contribution in [3.8, 4) is 0 Å². The van der Waals surface area contributed by atoms with E-state index in [1.807, 2.05) is 37.6 Å². The summed E-state index contributed by atoms with van der Waals surface area (Å²) in [5, 5.41) is 3.53. The molecular weight excluding hydrogens is 448 g/mol. The van der Waals surface area contributed by atoms with Crippen molar-refractivity contribution in [1.29, 1.82) is 0 Å². The summed E-state index contributed by atoms with van der Waals surface area (Å²) in [6.45, 7) is 14.6. The average Bonchev–Trinajstić information content (AvgIpc) is 2.90. The van der Waals surface area contributed by atoms with Crippen molar-refractivity contribution in [3.63, 3.8) is 0 Å². The number of rotatable bonds is 6. The lowest BCUT2D eigenvalue weighted by molar-refractivity contribution is 0.312. The molecule has 1 N–H and O–H groups in total. The maximum absolute atomic E-state index is 4.68. The zero-order valence-corrected chi connectivity index (χ0v) is 21.6. The number of pyridine rings is 3. The van der Waals surface area contributed by atoms with E-state index in [0.29, 0.717) is 0 Å². The minimum atomic E-state index is 0.931. The normalized spacial score (nSPS) is 17.3. The van der Waals surface area contributed by atoms with Crippen LogP contribution in [0, 0.1) is 6.92 Å². The molecule has 3 aromatic heterocycles. The maximum Gasteiger partial charge on any atom is 0.130 e. The summed E-state index contributed by atoms with van der Waals surface area (Å²) in [6, 6.07) is 10.4. The van der Waals surface area contributed by atoms with Gasteiger partial charge in [0.15, 0.2) is 0 Å². The minimum Gasteiger partial charge on any atom is -0.354 e. The van der Waals surface area contributed by atoms with Crippen LogP contribution in [0.1, 0.15) is 16.8 Å². The van der Waals surface area contributed by atoms with Crippen LogP contribution in [0.15, 0.2) is 55.5 Å². The Labute approximate surface area is 214 Å². The predicted octanol–water partition coefficient (Wildman–Crippen LogP) is 3.49. The third-order valence-corrected chi connectivity index (χ3v) is 7.19. The fourth-order valence-electron chi connectivity index (χ4n) is 4.75. The average molecular weight is 485 g/mol. The molecule has 0 saturated carbocycles. The molecule has 2 aliphatic rings. The number of hydrogen-bond donors (Lipinski definition) is 1. The Morgan fingerprint density at radius 3 is 1.97 bits per heavy atom. The van der Waals surface area contributed by atoms with Crippen molar-refractivity contribution in [3.05, 3.63) is 72.3 Å². The quantitative estimate of drug-likeness (QED) is 0.571.